The van der Waals surface area contributed by atoms with Gasteiger partial charge in [-0.25, -0.2) is 13.2 Å². The number of aromatic nitrogens is 1. The number of hydrogen-bond acceptors (Lipinski definition) is 6. The Morgan fingerprint density at radius 1 is 1.06 bits per heavy atom. The van der Waals surface area contributed by atoms with Crippen LogP contribution in [-0.4, -0.2) is 50.9 Å². The molecule has 1 heterocycles. The summed E-state index contributed by atoms with van der Waals surface area (Å²) in [6.07, 6.45) is 2.69. The molecule has 0 saturated carbocycles. The average Bonchev–Trinajstić information content (AvgIpc) is 3.16. The average molecular weight is 459 g/mol. The van der Waals surface area contributed by atoms with E-state index in [0.717, 1.165) is 10.6 Å². The number of nitrogens with zero attached hydrogens (tertiary/aromatic N) is 2. The first-order chi connectivity index (χ1) is 15.2. The number of rotatable bonds is 8. The Morgan fingerprint density at radius 3 is 2.28 bits per heavy atom. The summed E-state index contributed by atoms with van der Waals surface area (Å²) in [6.45, 7) is 4.07. The number of methoxy groups -OCH3 is 1. The molecule has 32 heavy (non-hydrogen) atoms. The number of hydrogen-bond donors (Lipinski definition) is 0. The third-order valence-corrected chi connectivity index (χ3v) is 6.25. The molecule has 3 rings (SSSR count). The maximum atomic E-state index is 13.6. The van der Waals surface area contributed by atoms with Gasteiger partial charge in [-0.2, -0.15) is 0 Å². The van der Waals surface area contributed by atoms with Crippen molar-refractivity contribution in [1.82, 2.24) is 4.57 Å². The zero-order valence-electron chi connectivity index (χ0n) is 18.4. The van der Waals surface area contributed by atoms with Crippen molar-refractivity contribution in [1.29, 1.82) is 0 Å². The Kier molecular flexibility index (Phi) is 6.88. The van der Waals surface area contributed by atoms with E-state index in [0.29, 0.717) is 28.9 Å². The zero-order valence-corrected chi connectivity index (χ0v) is 19.3. The van der Waals surface area contributed by atoms with Crippen molar-refractivity contribution in [3.05, 3.63) is 60.3 Å². The molecule has 0 aliphatic rings. The van der Waals surface area contributed by atoms with Crippen molar-refractivity contribution < 1.29 is 27.5 Å². The van der Waals surface area contributed by atoms with Gasteiger partial charge in [-0.3, -0.25) is 13.7 Å². The SMILES string of the molecule is CCOc1ccc(N(C(CC)C(=O)n2cc(C(=O)OC)c3ccccc32)S(C)(=O)=O)cc1. The maximum absolute atomic E-state index is 13.6. The van der Waals surface area contributed by atoms with Gasteiger partial charge in [0.1, 0.15) is 11.8 Å². The van der Waals surface area contributed by atoms with E-state index in [-0.39, 0.29) is 12.0 Å². The zero-order chi connectivity index (χ0) is 23.5. The van der Waals surface area contributed by atoms with E-state index in [1.54, 1.807) is 55.5 Å². The van der Waals surface area contributed by atoms with Gasteiger partial charge in [-0.15, -0.1) is 0 Å². The van der Waals surface area contributed by atoms with E-state index in [9.17, 15) is 18.0 Å². The lowest BCUT2D eigenvalue weighted by Crippen LogP contribution is -2.46. The monoisotopic (exact) mass is 458 g/mol. The summed E-state index contributed by atoms with van der Waals surface area (Å²) in [5.74, 6) is -0.450. The predicted octanol–water partition coefficient (Wildman–Crippen LogP) is 3.71. The van der Waals surface area contributed by atoms with Crippen molar-refractivity contribution in [2.75, 3.05) is 24.3 Å². The van der Waals surface area contributed by atoms with Crippen molar-refractivity contribution in [3.8, 4) is 5.75 Å². The van der Waals surface area contributed by atoms with Crippen molar-refractivity contribution in [2.45, 2.75) is 26.3 Å². The highest BCUT2D eigenvalue weighted by Gasteiger charge is 2.33. The summed E-state index contributed by atoms with van der Waals surface area (Å²) in [7, 11) is -2.54. The van der Waals surface area contributed by atoms with Crippen molar-refractivity contribution in [3.63, 3.8) is 0 Å². The number of esters is 1. The van der Waals surface area contributed by atoms with Crippen LogP contribution in [0.4, 0.5) is 5.69 Å². The van der Waals surface area contributed by atoms with E-state index in [2.05, 4.69) is 0 Å². The molecular formula is C23H26N2O6S. The third kappa shape index (κ3) is 4.47. The number of anilines is 1. The second-order valence-electron chi connectivity index (χ2n) is 7.17. The van der Waals surface area contributed by atoms with Crippen LogP contribution in [-0.2, 0) is 14.8 Å². The summed E-state index contributed by atoms with van der Waals surface area (Å²) >= 11 is 0. The van der Waals surface area contributed by atoms with Gasteiger partial charge < -0.3 is 9.47 Å². The van der Waals surface area contributed by atoms with Crippen LogP contribution in [0.5, 0.6) is 5.75 Å². The number of carbonyl (C=O) groups is 2. The molecule has 0 fully saturated rings. The predicted molar refractivity (Wildman–Crippen MR) is 123 cm³/mol. The molecule has 0 saturated heterocycles. The van der Waals surface area contributed by atoms with Crippen molar-refractivity contribution in [2.24, 2.45) is 0 Å². The van der Waals surface area contributed by atoms with Crippen LogP contribution in [0.2, 0.25) is 0 Å². The molecule has 0 amide bonds. The fraction of sp³-hybridized carbons (Fsp3) is 0.304. The summed E-state index contributed by atoms with van der Waals surface area (Å²) < 4.78 is 38.2. The van der Waals surface area contributed by atoms with Crippen LogP contribution in [0.25, 0.3) is 10.9 Å². The first-order valence-corrected chi connectivity index (χ1v) is 12.0. The molecule has 0 N–H and O–H groups in total. The van der Waals surface area contributed by atoms with Gasteiger partial charge in [0.05, 0.1) is 36.7 Å². The lowest BCUT2D eigenvalue weighted by Gasteiger charge is -2.30. The van der Waals surface area contributed by atoms with Crippen molar-refractivity contribution >= 4 is 38.5 Å². The van der Waals surface area contributed by atoms with E-state index >= 15 is 0 Å². The Balaban J connectivity index is 2.11. The molecule has 9 heteroatoms. The Hall–Kier alpha value is -3.33. The van der Waals surface area contributed by atoms with Gasteiger partial charge in [0.15, 0.2) is 0 Å². The first kappa shape index (κ1) is 23.3. The Bertz CT molecular complexity index is 1230. The topological polar surface area (TPSA) is 94.9 Å². The largest absolute Gasteiger partial charge is 0.494 e. The minimum Gasteiger partial charge on any atom is -0.494 e. The third-order valence-electron chi connectivity index (χ3n) is 5.07. The van der Waals surface area contributed by atoms with E-state index in [1.807, 2.05) is 6.92 Å². The second kappa shape index (κ2) is 9.44. The Morgan fingerprint density at radius 2 is 1.72 bits per heavy atom. The molecule has 0 bridgehead atoms. The fourth-order valence-corrected chi connectivity index (χ4v) is 4.90. The molecule has 1 aromatic heterocycles. The first-order valence-electron chi connectivity index (χ1n) is 10.2. The standard InChI is InChI=1S/C23H26N2O6S/c1-5-20(25(32(4,28)29)16-11-13-17(14-12-16)31-6-2)22(26)24-15-19(23(27)30-3)18-9-7-8-10-21(18)24/h7-15,20H,5-6H2,1-4H3. The highest BCUT2D eigenvalue weighted by Crippen LogP contribution is 2.28. The van der Waals surface area contributed by atoms with Gasteiger partial charge in [0.25, 0.3) is 5.91 Å². The highest BCUT2D eigenvalue weighted by atomic mass is 32.2. The molecule has 1 atom stereocenters. The number of sulfonamides is 1. The van der Waals surface area contributed by atoms with Gasteiger partial charge in [-0.05, 0) is 43.7 Å². The van der Waals surface area contributed by atoms with Gasteiger partial charge in [0, 0.05) is 11.6 Å². The van der Waals surface area contributed by atoms with Gasteiger partial charge >= 0.3 is 5.97 Å². The summed E-state index contributed by atoms with van der Waals surface area (Å²) in [5, 5.41) is 0.550. The molecular weight excluding hydrogens is 432 g/mol. The highest BCUT2D eigenvalue weighted by molar-refractivity contribution is 7.92. The van der Waals surface area contributed by atoms with Crippen LogP contribution < -0.4 is 9.04 Å². The number of fused-ring (bicyclic) bond motifs is 1. The van der Waals surface area contributed by atoms with Crippen LogP contribution in [0.1, 0.15) is 35.4 Å². The molecule has 0 aliphatic heterocycles. The quantitative estimate of drug-likeness (QED) is 0.478. The van der Waals surface area contributed by atoms with E-state index < -0.39 is 27.9 Å². The van der Waals surface area contributed by atoms with Crippen LogP contribution in [0, 0.1) is 0 Å². The number of para-hydroxylation sites is 1. The molecule has 8 nitrogen and oxygen atoms in total. The molecule has 0 aliphatic carbocycles. The lowest BCUT2D eigenvalue weighted by molar-refractivity contribution is 0.0603. The van der Waals surface area contributed by atoms with Gasteiger partial charge in [0.2, 0.25) is 10.0 Å². The number of benzene rings is 2. The van der Waals surface area contributed by atoms with Crippen LogP contribution in [0.15, 0.2) is 54.7 Å². The van der Waals surface area contributed by atoms with E-state index in [4.69, 9.17) is 9.47 Å². The minimum atomic E-state index is -3.81. The minimum absolute atomic E-state index is 0.221. The molecule has 0 radical (unpaired) electrons. The smallest absolute Gasteiger partial charge is 0.340 e. The summed E-state index contributed by atoms with van der Waals surface area (Å²) in [4.78, 5) is 25.9. The molecule has 2 aromatic carbocycles. The number of ether oxygens (including phenoxy) is 2. The molecule has 3 aromatic rings. The van der Waals surface area contributed by atoms with Gasteiger partial charge in [-0.1, -0.05) is 25.1 Å². The second-order valence-corrected chi connectivity index (χ2v) is 9.03. The number of carbonyl (C=O) groups excluding carboxylic acids is 2. The normalized spacial score (nSPS) is 12.4. The lowest BCUT2D eigenvalue weighted by atomic mass is 10.1. The van der Waals surface area contributed by atoms with E-state index in [1.165, 1.54) is 17.9 Å². The molecule has 0 spiro atoms. The molecule has 170 valence electrons. The molecule has 1 unspecified atom stereocenters. The van der Waals surface area contributed by atoms with Crippen LogP contribution >= 0.6 is 0 Å². The summed E-state index contributed by atoms with van der Waals surface area (Å²) in [5.41, 5.74) is 1.08. The summed E-state index contributed by atoms with van der Waals surface area (Å²) in [6, 6.07) is 12.4. The fourth-order valence-electron chi connectivity index (χ4n) is 3.69. The maximum Gasteiger partial charge on any atom is 0.340 e. The Labute approximate surface area is 187 Å². The van der Waals surface area contributed by atoms with Crippen LogP contribution in [0.3, 0.4) is 0 Å².